The Balaban J connectivity index is 1.81. The summed E-state index contributed by atoms with van der Waals surface area (Å²) in [7, 11) is 1.88. The van der Waals surface area contributed by atoms with Crippen molar-refractivity contribution < 1.29 is 4.79 Å². The summed E-state index contributed by atoms with van der Waals surface area (Å²) in [6, 6.07) is 8.25. The van der Waals surface area contributed by atoms with Crippen molar-refractivity contribution in [1.29, 1.82) is 0 Å². The normalized spacial score (nSPS) is 12.4. The van der Waals surface area contributed by atoms with Gasteiger partial charge in [-0.2, -0.15) is 5.10 Å². The molecule has 1 amide bonds. The van der Waals surface area contributed by atoms with Crippen molar-refractivity contribution in [3.8, 4) is 0 Å². The zero-order valence-corrected chi connectivity index (χ0v) is 16.9. The number of aryl methyl sites for hydroxylation is 4. The minimum atomic E-state index is -0.262. The molecule has 0 saturated heterocycles. The van der Waals surface area contributed by atoms with Gasteiger partial charge in [-0.05, 0) is 51.8 Å². The van der Waals surface area contributed by atoms with Crippen LogP contribution in [0, 0.1) is 27.7 Å². The van der Waals surface area contributed by atoms with Crippen LogP contribution in [0.5, 0.6) is 0 Å². The number of hydrogen-bond acceptors (Lipinski definition) is 4. The van der Waals surface area contributed by atoms with Gasteiger partial charge < -0.3 is 5.32 Å². The average Bonchev–Trinajstić information content (AvgIpc) is 2.82. The Morgan fingerprint density at radius 2 is 1.92 bits per heavy atom. The third kappa shape index (κ3) is 3.46. The van der Waals surface area contributed by atoms with E-state index < -0.39 is 0 Å². The topological polar surface area (TPSA) is 59.8 Å². The minimum absolute atomic E-state index is 0.0430. The number of carbonyl (C=O) groups is 1. The molecule has 6 heteroatoms. The molecule has 0 fully saturated rings. The van der Waals surface area contributed by atoms with Crippen LogP contribution in [0.4, 0.5) is 5.69 Å². The van der Waals surface area contributed by atoms with Gasteiger partial charge in [0.25, 0.3) is 0 Å². The number of pyridine rings is 1. The fourth-order valence-corrected chi connectivity index (χ4v) is 3.92. The van der Waals surface area contributed by atoms with Crippen LogP contribution in [-0.4, -0.2) is 25.9 Å². The smallest absolute Gasteiger partial charge is 0.237 e. The third-order valence-electron chi connectivity index (χ3n) is 4.65. The molecule has 0 radical (unpaired) electrons. The predicted octanol–water partition coefficient (Wildman–Crippen LogP) is 4.32. The Morgan fingerprint density at radius 1 is 1.19 bits per heavy atom. The lowest BCUT2D eigenvalue weighted by Crippen LogP contribution is -2.23. The van der Waals surface area contributed by atoms with Crippen LogP contribution in [0.15, 0.2) is 29.3 Å². The Bertz CT molecular complexity index is 993. The largest absolute Gasteiger partial charge is 0.322 e. The highest BCUT2D eigenvalue weighted by atomic mass is 32.2. The van der Waals surface area contributed by atoms with Crippen LogP contribution in [0.25, 0.3) is 10.9 Å². The van der Waals surface area contributed by atoms with E-state index in [-0.39, 0.29) is 11.2 Å². The van der Waals surface area contributed by atoms with Gasteiger partial charge in [0, 0.05) is 12.4 Å². The van der Waals surface area contributed by atoms with E-state index in [2.05, 4.69) is 42.5 Å². The van der Waals surface area contributed by atoms with Crippen molar-refractivity contribution in [2.75, 3.05) is 5.32 Å². The lowest BCUT2D eigenvalue weighted by molar-refractivity contribution is -0.115. The SMILES string of the molecule is Cc1nn(C)c(C)c1NC(=O)[C@@H](C)Sc1cc(C)c2cccc(C)c2n1. The molecule has 1 aromatic carbocycles. The van der Waals surface area contributed by atoms with Crippen LogP contribution >= 0.6 is 11.8 Å². The molecule has 1 N–H and O–H groups in total. The van der Waals surface area contributed by atoms with Crippen LogP contribution < -0.4 is 5.32 Å². The molecule has 0 bridgehead atoms. The zero-order chi connectivity index (χ0) is 19.0. The second-order valence-corrected chi connectivity index (χ2v) is 8.03. The van der Waals surface area contributed by atoms with Gasteiger partial charge in [-0.1, -0.05) is 30.0 Å². The number of rotatable bonds is 4. The van der Waals surface area contributed by atoms with Crippen LogP contribution in [0.3, 0.4) is 0 Å². The minimum Gasteiger partial charge on any atom is -0.322 e. The molecule has 3 rings (SSSR count). The molecule has 136 valence electrons. The Labute approximate surface area is 158 Å². The number of aromatic nitrogens is 3. The number of carbonyl (C=O) groups excluding carboxylic acids is 1. The molecule has 0 spiro atoms. The van der Waals surface area contributed by atoms with E-state index in [0.717, 1.165) is 38.6 Å². The summed E-state index contributed by atoms with van der Waals surface area (Å²) >= 11 is 1.48. The van der Waals surface area contributed by atoms with Crippen LogP contribution in [-0.2, 0) is 11.8 Å². The molecule has 1 atom stereocenters. The molecular formula is C20H24N4OS. The van der Waals surface area contributed by atoms with E-state index in [1.54, 1.807) is 4.68 Å². The molecule has 0 aliphatic heterocycles. The second-order valence-electron chi connectivity index (χ2n) is 6.67. The van der Waals surface area contributed by atoms with Gasteiger partial charge in [-0.25, -0.2) is 4.98 Å². The Hall–Kier alpha value is -2.34. The summed E-state index contributed by atoms with van der Waals surface area (Å²) in [5.74, 6) is -0.0430. The number of nitrogens with one attached hydrogen (secondary N) is 1. The van der Waals surface area contributed by atoms with Gasteiger partial charge in [0.2, 0.25) is 5.91 Å². The first-order valence-electron chi connectivity index (χ1n) is 8.62. The second kappa shape index (κ2) is 7.11. The van der Waals surface area contributed by atoms with Crippen LogP contribution in [0.2, 0.25) is 0 Å². The highest BCUT2D eigenvalue weighted by Crippen LogP contribution is 2.29. The van der Waals surface area contributed by atoms with E-state index in [1.807, 2.05) is 33.9 Å². The van der Waals surface area contributed by atoms with E-state index >= 15 is 0 Å². The summed E-state index contributed by atoms with van der Waals surface area (Å²) in [6.45, 7) is 9.90. The summed E-state index contributed by atoms with van der Waals surface area (Å²) in [6.07, 6.45) is 0. The van der Waals surface area contributed by atoms with Crippen molar-refractivity contribution in [2.45, 2.75) is 44.9 Å². The van der Waals surface area contributed by atoms with Crippen molar-refractivity contribution >= 4 is 34.3 Å². The van der Waals surface area contributed by atoms with E-state index in [9.17, 15) is 4.79 Å². The highest BCUT2D eigenvalue weighted by Gasteiger charge is 2.19. The summed E-state index contributed by atoms with van der Waals surface area (Å²) in [5, 5.41) is 9.12. The number of benzene rings is 1. The number of para-hydroxylation sites is 1. The standard InChI is InChI=1S/C20H24N4OS/c1-11-8-7-9-16-12(2)10-17(21-18(11)16)26-15(5)20(25)22-19-13(3)23-24(6)14(19)4/h7-10,15H,1-6H3,(H,22,25)/t15-/m1/s1. The zero-order valence-electron chi connectivity index (χ0n) is 16.0. The number of anilines is 1. The molecule has 2 aromatic heterocycles. The molecule has 0 unspecified atom stereocenters. The summed E-state index contributed by atoms with van der Waals surface area (Å²) < 4.78 is 1.78. The van der Waals surface area contributed by atoms with Gasteiger partial charge >= 0.3 is 0 Å². The first-order chi connectivity index (χ1) is 12.3. The maximum Gasteiger partial charge on any atom is 0.237 e. The molecule has 3 aromatic rings. The number of fused-ring (bicyclic) bond motifs is 1. The number of hydrogen-bond donors (Lipinski definition) is 1. The molecule has 2 heterocycles. The van der Waals surface area contributed by atoms with E-state index in [4.69, 9.17) is 4.98 Å². The molecule has 0 saturated carbocycles. The monoisotopic (exact) mass is 368 g/mol. The maximum absolute atomic E-state index is 12.6. The molecule has 0 aliphatic rings. The molecule has 0 aliphatic carbocycles. The van der Waals surface area contributed by atoms with E-state index in [1.165, 1.54) is 17.3 Å². The summed E-state index contributed by atoms with van der Waals surface area (Å²) in [4.78, 5) is 17.4. The van der Waals surface area contributed by atoms with E-state index in [0.29, 0.717) is 0 Å². The van der Waals surface area contributed by atoms with Gasteiger partial charge in [-0.15, -0.1) is 0 Å². The van der Waals surface area contributed by atoms with Crippen molar-refractivity contribution in [3.63, 3.8) is 0 Å². The first-order valence-corrected chi connectivity index (χ1v) is 9.50. The Morgan fingerprint density at radius 3 is 2.58 bits per heavy atom. The fraction of sp³-hybridized carbons (Fsp3) is 0.350. The summed E-state index contributed by atoms with van der Waals surface area (Å²) in [5.41, 5.74) is 5.89. The lowest BCUT2D eigenvalue weighted by Gasteiger charge is -2.13. The van der Waals surface area contributed by atoms with Gasteiger partial charge in [0.15, 0.2) is 0 Å². The quantitative estimate of drug-likeness (QED) is 0.697. The molecular weight excluding hydrogens is 344 g/mol. The number of thioether (sulfide) groups is 1. The third-order valence-corrected chi connectivity index (χ3v) is 5.67. The fourth-order valence-electron chi connectivity index (χ4n) is 3.01. The average molecular weight is 369 g/mol. The predicted molar refractivity (Wildman–Crippen MR) is 108 cm³/mol. The maximum atomic E-state index is 12.6. The Kier molecular flexibility index (Phi) is 5.05. The highest BCUT2D eigenvalue weighted by molar-refractivity contribution is 8.00. The van der Waals surface area contributed by atoms with Crippen LogP contribution in [0.1, 0.15) is 29.4 Å². The molecule has 26 heavy (non-hydrogen) atoms. The van der Waals surface area contributed by atoms with Gasteiger partial charge in [-0.3, -0.25) is 9.48 Å². The van der Waals surface area contributed by atoms with Gasteiger partial charge in [0.05, 0.1) is 32.9 Å². The van der Waals surface area contributed by atoms with Crippen molar-refractivity contribution in [2.24, 2.45) is 7.05 Å². The number of amides is 1. The first kappa shape index (κ1) is 18.5. The van der Waals surface area contributed by atoms with Gasteiger partial charge in [0.1, 0.15) is 0 Å². The van der Waals surface area contributed by atoms with Crippen molar-refractivity contribution in [3.05, 3.63) is 46.8 Å². The van der Waals surface area contributed by atoms with Crippen molar-refractivity contribution in [1.82, 2.24) is 14.8 Å². The molecule has 5 nitrogen and oxygen atoms in total. The number of nitrogens with zero attached hydrogens (tertiary/aromatic N) is 3. The lowest BCUT2D eigenvalue weighted by atomic mass is 10.1.